The Morgan fingerprint density at radius 3 is 2.79 bits per heavy atom. The van der Waals surface area contributed by atoms with Crippen LogP contribution >= 0.6 is 11.3 Å². The molecule has 7 nitrogen and oxygen atoms in total. The number of hydrogen-bond acceptors (Lipinski definition) is 6. The van der Waals surface area contributed by atoms with E-state index in [2.05, 4.69) is 30.8 Å². The van der Waals surface area contributed by atoms with Gasteiger partial charge in [0.1, 0.15) is 0 Å². The summed E-state index contributed by atoms with van der Waals surface area (Å²) < 4.78 is 5.15. The van der Waals surface area contributed by atoms with Crippen LogP contribution in [0.3, 0.4) is 0 Å². The van der Waals surface area contributed by atoms with E-state index in [1.807, 2.05) is 7.05 Å². The summed E-state index contributed by atoms with van der Waals surface area (Å²) in [6, 6.07) is 0.505. The number of nitrogens with zero attached hydrogens (tertiary/aromatic N) is 4. The lowest BCUT2D eigenvalue weighted by molar-refractivity contribution is 0.155. The summed E-state index contributed by atoms with van der Waals surface area (Å²) in [5, 5.41) is 10.4. The quantitative estimate of drug-likeness (QED) is 0.370. The van der Waals surface area contributed by atoms with Crippen molar-refractivity contribution in [3.8, 4) is 0 Å². The van der Waals surface area contributed by atoms with Crippen LogP contribution in [0, 0.1) is 0 Å². The average molecular weight is 409 g/mol. The molecule has 0 amide bonds. The number of rotatable bonds is 9. The molecule has 158 valence electrons. The molecule has 28 heavy (non-hydrogen) atoms. The molecule has 1 aromatic rings. The largest absolute Gasteiger partial charge is 0.385 e. The van der Waals surface area contributed by atoms with Gasteiger partial charge in [-0.15, -0.1) is 11.3 Å². The molecule has 2 aliphatic rings. The van der Waals surface area contributed by atoms with E-state index in [0.717, 1.165) is 64.7 Å². The number of guanidine groups is 1. The smallest absolute Gasteiger partial charge is 0.191 e. The third kappa shape index (κ3) is 6.60. The molecule has 2 aliphatic heterocycles. The van der Waals surface area contributed by atoms with Crippen LogP contribution in [0.2, 0.25) is 0 Å². The summed E-state index contributed by atoms with van der Waals surface area (Å²) in [6.45, 7) is 7.47. The van der Waals surface area contributed by atoms with Crippen LogP contribution in [0.15, 0.2) is 10.4 Å². The fourth-order valence-corrected chi connectivity index (χ4v) is 4.81. The van der Waals surface area contributed by atoms with E-state index < -0.39 is 0 Å². The first-order valence-electron chi connectivity index (χ1n) is 10.7. The van der Waals surface area contributed by atoms with Gasteiger partial charge in [-0.05, 0) is 32.1 Å². The number of aliphatic imine (C=N–C) groups is 1. The maximum Gasteiger partial charge on any atom is 0.191 e. The van der Waals surface area contributed by atoms with Gasteiger partial charge < -0.3 is 25.2 Å². The van der Waals surface area contributed by atoms with Gasteiger partial charge in [0.25, 0.3) is 0 Å². The minimum absolute atomic E-state index is 0.505. The zero-order chi connectivity index (χ0) is 19.6. The monoisotopic (exact) mass is 408 g/mol. The van der Waals surface area contributed by atoms with Gasteiger partial charge in [-0.3, -0.25) is 4.99 Å². The SMILES string of the molecule is CN=C(NCCc1csc(N2CCCC2)n1)NC1CCN(CCCOC)CC1. The van der Waals surface area contributed by atoms with Crippen molar-refractivity contribution in [1.82, 2.24) is 20.5 Å². The van der Waals surface area contributed by atoms with Crippen molar-refractivity contribution in [3.63, 3.8) is 0 Å². The molecule has 0 aromatic carbocycles. The van der Waals surface area contributed by atoms with E-state index in [-0.39, 0.29) is 0 Å². The lowest BCUT2D eigenvalue weighted by atomic mass is 10.1. The summed E-state index contributed by atoms with van der Waals surface area (Å²) in [5.41, 5.74) is 1.18. The molecule has 0 aliphatic carbocycles. The van der Waals surface area contributed by atoms with Crippen LogP contribution in [-0.4, -0.2) is 81.9 Å². The molecule has 0 atom stereocenters. The van der Waals surface area contributed by atoms with Gasteiger partial charge in [-0.25, -0.2) is 4.98 Å². The van der Waals surface area contributed by atoms with Crippen molar-refractivity contribution in [2.75, 3.05) is 64.9 Å². The molecule has 2 N–H and O–H groups in total. The molecule has 1 aromatic heterocycles. The molecule has 3 rings (SSSR count). The molecule has 2 saturated heterocycles. The number of likely N-dealkylation sites (tertiary alicyclic amines) is 1. The first-order chi connectivity index (χ1) is 13.8. The Balaban J connectivity index is 1.33. The molecule has 8 heteroatoms. The molecule has 0 bridgehead atoms. The Morgan fingerprint density at radius 1 is 1.29 bits per heavy atom. The number of piperidine rings is 1. The fraction of sp³-hybridized carbons (Fsp3) is 0.800. The second-order valence-corrected chi connectivity index (χ2v) is 8.51. The third-order valence-electron chi connectivity index (χ3n) is 5.56. The number of methoxy groups -OCH3 is 1. The highest BCUT2D eigenvalue weighted by atomic mass is 32.1. The highest BCUT2D eigenvalue weighted by Crippen LogP contribution is 2.24. The maximum atomic E-state index is 5.15. The fourth-order valence-electron chi connectivity index (χ4n) is 3.90. The van der Waals surface area contributed by atoms with E-state index >= 15 is 0 Å². The van der Waals surface area contributed by atoms with Gasteiger partial charge in [0.05, 0.1) is 5.69 Å². The van der Waals surface area contributed by atoms with Crippen LogP contribution in [-0.2, 0) is 11.2 Å². The van der Waals surface area contributed by atoms with E-state index in [1.165, 1.54) is 36.5 Å². The van der Waals surface area contributed by atoms with E-state index in [0.29, 0.717) is 6.04 Å². The summed E-state index contributed by atoms with van der Waals surface area (Å²) in [7, 11) is 3.62. The standard InChI is InChI=1S/C20H36N6OS/c1-21-19(23-17-7-13-25(14-8-17)10-5-15-27-2)22-9-6-18-16-28-20(24-18)26-11-3-4-12-26/h16-17H,3-15H2,1-2H3,(H2,21,22,23). The minimum Gasteiger partial charge on any atom is -0.385 e. The van der Waals surface area contributed by atoms with E-state index in [4.69, 9.17) is 9.72 Å². The van der Waals surface area contributed by atoms with Gasteiger partial charge in [0.2, 0.25) is 0 Å². The Bertz CT molecular complexity index is 593. The lowest BCUT2D eigenvalue weighted by Gasteiger charge is -2.33. The molecule has 0 spiro atoms. The second-order valence-electron chi connectivity index (χ2n) is 7.67. The van der Waals surface area contributed by atoms with Crippen molar-refractivity contribution in [2.45, 2.75) is 44.6 Å². The normalized spacial score (nSPS) is 19.4. The Hall–Kier alpha value is -1.38. The number of hydrogen-bond donors (Lipinski definition) is 2. The van der Waals surface area contributed by atoms with Gasteiger partial charge in [-0.2, -0.15) is 0 Å². The number of nitrogens with one attached hydrogen (secondary N) is 2. The van der Waals surface area contributed by atoms with Crippen molar-refractivity contribution in [1.29, 1.82) is 0 Å². The molecule has 0 unspecified atom stereocenters. The summed E-state index contributed by atoms with van der Waals surface area (Å²) in [4.78, 5) is 14.1. The van der Waals surface area contributed by atoms with Crippen molar-refractivity contribution in [2.24, 2.45) is 4.99 Å². The predicted octanol–water partition coefficient (Wildman–Crippen LogP) is 1.95. The number of thiazole rings is 1. The van der Waals surface area contributed by atoms with Crippen molar-refractivity contribution in [3.05, 3.63) is 11.1 Å². The second kappa shape index (κ2) is 11.6. The molecular formula is C20H36N6OS. The van der Waals surface area contributed by atoms with Gasteiger partial charge >= 0.3 is 0 Å². The molecule has 0 saturated carbocycles. The van der Waals surface area contributed by atoms with Crippen LogP contribution in [0.4, 0.5) is 5.13 Å². The topological polar surface area (TPSA) is 65.0 Å². The number of aromatic nitrogens is 1. The summed E-state index contributed by atoms with van der Waals surface area (Å²) in [6.07, 6.45) is 6.98. The zero-order valence-electron chi connectivity index (χ0n) is 17.5. The number of ether oxygens (including phenoxy) is 1. The lowest BCUT2D eigenvalue weighted by Crippen LogP contribution is -2.49. The minimum atomic E-state index is 0.505. The van der Waals surface area contributed by atoms with Gasteiger partial charge in [-0.1, -0.05) is 0 Å². The molecular weight excluding hydrogens is 372 g/mol. The summed E-state index contributed by atoms with van der Waals surface area (Å²) in [5.74, 6) is 0.910. The van der Waals surface area contributed by atoms with Crippen LogP contribution in [0.5, 0.6) is 0 Å². The van der Waals surface area contributed by atoms with E-state index in [1.54, 1.807) is 18.4 Å². The molecule has 3 heterocycles. The number of anilines is 1. The first kappa shape index (κ1) is 21.3. The zero-order valence-corrected chi connectivity index (χ0v) is 18.3. The van der Waals surface area contributed by atoms with Crippen LogP contribution < -0.4 is 15.5 Å². The Morgan fingerprint density at radius 2 is 2.07 bits per heavy atom. The van der Waals surface area contributed by atoms with Crippen LogP contribution in [0.25, 0.3) is 0 Å². The predicted molar refractivity (Wildman–Crippen MR) is 118 cm³/mol. The average Bonchev–Trinajstić information content (AvgIpc) is 3.40. The maximum absolute atomic E-state index is 5.15. The molecule has 0 radical (unpaired) electrons. The van der Waals surface area contributed by atoms with E-state index in [9.17, 15) is 0 Å². The van der Waals surface area contributed by atoms with Crippen molar-refractivity contribution < 1.29 is 4.74 Å². The van der Waals surface area contributed by atoms with Crippen LogP contribution in [0.1, 0.15) is 37.8 Å². The highest BCUT2D eigenvalue weighted by Gasteiger charge is 2.19. The highest BCUT2D eigenvalue weighted by molar-refractivity contribution is 7.13. The first-order valence-corrected chi connectivity index (χ1v) is 11.5. The Kier molecular flexibility index (Phi) is 8.82. The molecule has 2 fully saturated rings. The Labute approximate surface area is 173 Å². The van der Waals surface area contributed by atoms with Crippen molar-refractivity contribution >= 4 is 22.4 Å². The summed E-state index contributed by atoms with van der Waals surface area (Å²) >= 11 is 1.78. The van der Waals surface area contributed by atoms with Gasteiger partial charge in [0.15, 0.2) is 11.1 Å². The third-order valence-corrected chi connectivity index (χ3v) is 6.51. The van der Waals surface area contributed by atoms with Gasteiger partial charge in [0, 0.05) is 77.9 Å².